The topological polar surface area (TPSA) is 48.7 Å². The number of benzene rings is 1. The van der Waals surface area contributed by atoms with Gasteiger partial charge >= 0.3 is 0 Å². The molecule has 2 aliphatic heterocycles. The van der Waals surface area contributed by atoms with Crippen molar-refractivity contribution in [1.82, 2.24) is 0 Å². The molecule has 0 radical (unpaired) electrons. The second-order valence-electron chi connectivity index (χ2n) is 5.46. The summed E-state index contributed by atoms with van der Waals surface area (Å²) in [5.74, 6) is 1.67. The van der Waals surface area contributed by atoms with Crippen molar-refractivity contribution in [3.05, 3.63) is 23.3 Å². The van der Waals surface area contributed by atoms with Gasteiger partial charge in [0.2, 0.25) is 0 Å². The number of quaternary nitrogens is 2. The lowest BCUT2D eigenvalue weighted by Crippen LogP contribution is -3.17. The van der Waals surface area contributed by atoms with Crippen molar-refractivity contribution in [1.29, 1.82) is 0 Å². The molecule has 3 N–H and O–H groups in total. The molecule has 2 heterocycles. The summed E-state index contributed by atoms with van der Waals surface area (Å²) in [6.07, 6.45) is 0. The monoisotopic (exact) mass is 280 g/mol. The lowest BCUT2D eigenvalue weighted by molar-refractivity contribution is -0.954. The van der Waals surface area contributed by atoms with E-state index in [0.717, 1.165) is 50.9 Å². The third kappa shape index (κ3) is 2.49. The molecule has 0 spiro atoms. The Bertz CT molecular complexity index is 472. The molecule has 0 aromatic heterocycles. The Balaban J connectivity index is 1.94. The van der Waals surface area contributed by atoms with Gasteiger partial charge in [-0.15, -0.1) is 0 Å². The van der Waals surface area contributed by atoms with Crippen LogP contribution in [0.15, 0.2) is 12.1 Å². The summed E-state index contributed by atoms with van der Waals surface area (Å²) in [6.45, 7) is 6.08. The Labute approximate surface area is 119 Å². The number of methoxy groups -OCH3 is 2. The van der Waals surface area contributed by atoms with E-state index in [1.165, 1.54) is 11.1 Å². The molecule has 0 saturated carbocycles. The molecule has 1 aromatic rings. The number of morpholine rings is 1. The highest BCUT2D eigenvalue weighted by Crippen LogP contribution is 2.33. The van der Waals surface area contributed by atoms with Gasteiger partial charge in [-0.2, -0.15) is 0 Å². The largest absolute Gasteiger partial charge is 0.493 e. The van der Waals surface area contributed by atoms with E-state index >= 15 is 0 Å². The van der Waals surface area contributed by atoms with Crippen LogP contribution in [0, 0.1) is 0 Å². The van der Waals surface area contributed by atoms with Gasteiger partial charge in [-0.3, -0.25) is 0 Å². The Morgan fingerprint density at radius 2 is 1.85 bits per heavy atom. The molecular formula is C15H24N2O3+2. The minimum absolute atomic E-state index is 0.530. The van der Waals surface area contributed by atoms with Crippen LogP contribution < -0.4 is 19.7 Å². The molecule has 5 heteroatoms. The van der Waals surface area contributed by atoms with Gasteiger partial charge in [0.25, 0.3) is 0 Å². The second-order valence-corrected chi connectivity index (χ2v) is 5.46. The first-order valence-electron chi connectivity index (χ1n) is 7.32. The van der Waals surface area contributed by atoms with Crippen LogP contribution in [0.25, 0.3) is 0 Å². The van der Waals surface area contributed by atoms with Crippen molar-refractivity contribution in [2.75, 3.05) is 47.1 Å². The van der Waals surface area contributed by atoms with Crippen LogP contribution in [0.2, 0.25) is 0 Å². The van der Waals surface area contributed by atoms with E-state index < -0.39 is 0 Å². The zero-order valence-corrected chi connectivity index (χ0v) is 12.3. The highest BCUT2D eigenvalue weighted by molar-refractivity contribution is 5.48. The third-order valence-electron chi connectivity index (χ3n) is 4.42. The molecule has 110 valence electrons. The summed E-state index contributed by atoms with van der Waals surface area (Å²) < 4.78 is 16.4. The summed E-state index contributed by atoms with van der Waals surface area (Å²) in [6, 6.07) is 4.84. The first-order chi connectivity index (χ1) is 9.83. The van der Waals surface area contributed by atoms with Gasteiger partial charge in [0.15, 0.2) is 17.5 Å². The summed E-state index contributed by atoms with van der Waals surface area (Å²) in [4.78, 5) is 1.63. The highest BCUT2D eigenvalue weighted by atomic mass is 16.5. The van der Waals surface area contributed by atoms with Crippen molar-refractivity contribution in [2.45, 2.75) is 12.6 Å². The Hall–Kier alpha value is -1.30. The molecule has 1 aromatic carbocycles. The van der Waals surface area contributed by atoms with Gasteiger partial charge in [0.05, 0.1) is 27.4 Å². The van der Waals surface area contributed by atoms with E-state index in [1.54, 1.807) is 19.1 Å². The number of ether oxygens (including phenoxy) is 3. The molecule has 0 aliphatic carbocycles. The molecule has 5 nitrogen and oxygen atoms in total. The quantitative estimate of drug-likeness (QED) is 0.726. The first-order valence-corrected chi connectivity index (χ1v) is 7.32. The lowest BCUT2D eigenvalue weighted by atomic mass is 9.94. The van der Waals surface area contributed by atoms with Gasteiger partial charge in [0, 0.05) is 11.1 Å². The van der Waals surface area contributed by atoms with Crippen LogP contribution in [0.5, 0.6) is 11.5 Å². The summed E-state index contributed by atoms with van der Waals surface area (Å²) in [5.41, 5.74) is 2.79. The van der Waals surface area contributed by atoms with Crippen molar-refractivity contribution in [2.24, 2.45) is 0 Å². The van der Waals surface area contributed by atoms with Gasteiger partial charge in [-0.25, -0.2) is 0 Å². The zero-order valence-electron chi connectivity index (χ0n) is 12.3. The van der Waals surface area contributed by atoms with Crippen molar-refractivity contribution in [3.63, 3.8) is 0 Å². The van der Waals surface area contributed by atoms with Crippen LogP contribution in [0.1, 0.15) is 17.2 Å². The van der Waals surface area contributed by atoms with E-state index in [4.69, 9.17) is 14.2 Å². The normalized spacial score (nSPS) is 23.2. The maximum atomic E-state index is 5.48. The number of hydrogen-bond acceptors (Lipinski definition) is 3. The first kappa shape index (κ1) is 13.7. The molecule has 0 bridgehead atoms. The van der Waals surface area contributed by atoms with Gasteiger partial charge in [0.1, 0.15) is 26.2 Å². The van der Waals surface area contributed by atoms with Crippen LogP contribution in [0.4, 0.5) is 0 Å². The fraction of sp³-hybridized carbons (Fsp3) is 0.600. The Morgan fingerprint density at radius 1 is 1.15 bits per heavy atom. The molecule has 0 amide bonds. The average molecular weight is 280 g/mol. The second kappa shape index (κ2) is 5.99. The maximum Gasteiger partial charge on any atom is 0.163 e. The van der Waals surface area contributed by atoms with Crippen LogP contribution in [0.3, 0.4) is 0 Å². The number of rotatable bonds is 3. The molecule has 1 atom stereocenters. The zero-order chi connectivity index (χ0) is 13.9. The predicted octanol–water partition coefficient (Wildman–Crippen LogP) is -1.26. The van der Waals surface area contributed by atoms with E-state index in [2.05, 4.69) is 17.4 Å². The summed E-state index contributed by atoms with van der Waals surface area (Å²) in [7, 11) is 3.40. The fourth-order valence-corrected chi connectivity index (χ4v) is 3.34. The molecule has 1 fully saturated rings. The summed E-state index contributed by atoms with van der Waals surface area (Å²) >= 11 is 0. The van der Waals surface area contributed by atoms with E-state index in [1.807, 2.05) is 0 Å². The van der Waals surface area contributed by atoms with Crippen molar-refractivity contribution < 1.29 is 24.4 Å². The van der Waals surface area contributed by atoms with Crippen LogP contribution in [-0.4, -0.2) is 47.1 Å². The lowest BCUT2D eigenvalue weighted by Gasteiger charge is -2.34. The minimum Gasteiger partial charge on any atom is -0.493 e. The number of fused-ring (bicyclic) bond motifs is 1. The molecule has 0 unspecified atom stereocenters. The standard InChI is InChI=1S/C15H22N2O3/c1-18-14-7-11-9-16-10-13(12(11)8-15(14)19-2)17-3-5-20-6-4-17/h7-8,13,16H,3-6,9-10H2,1-2H3/p+2/t13-/m1/s1. The van der Waals surface area contributed by atoms with E-state index in [-0.39, 0.29) is 0 Å². The van der Waals surface area contributed by atoms with Crippen LogP contribution in [-0.2, 0) is 11.3 Å². The van der Waals surface area contributed by atoms with E-state index in [9.17, 15) is 0 Å². The SMILES string of the molecule is COc1cc2c(cc1OC)[C@H]([NH+]1CCOCC1)C[NH2+]C2. The number of hydrogen-bond donors (Lipinski definition) is 2. The Kier molecular flexibility index (Phi) is 4.10. The average Bonchev–Trinajstić information content (AvgIpc) is 2.53. The fourth-order valence-electron chi connectivity index (χ4n) is 3.34. The van der Waals surface area contributed by atoms with Crippen LogP contribution >= 0.6 is 0 Å². The molecule has 1 saturated heterocycles. The minimum atomic E-state index is 0.530. The predicted molar refractivity (Wildman–Crippen MR) is 74.3 cm³/mol. The van der Waals surface area contributed by atoms with Crippen molar-refractivity contribution in [3.8, 4) is 11.5 Å². The van der Waals surface area contributed by atoms with Gasteiger partial charge < -0.3 is 24.4 Å². The maximum absolute atomic E-state index is 5.48. The number of nitrogens with one attached hydrogen (secondary N) is 1. The molecule has 20 heavy (non-hydrogen) atoms. The highest BCUT2D eigenvalue weighted by Gasteiger charge is 2.33. The van der Waals surface area contributed by atoms with Crippen molar-refractivity contribution >= 4 is 0 Å². The van der Waals surface area contributed by atoms with Gasteiger partial charge in [-0.05, 0) is 12.1 Å². The molecule has 3 rings (SSSR count). The van der Waals surface area contributed by atoms with Gasteiger partial charge in [-0.1, -0.05) is 0 Å². The number of nitrogens with two attached hydrogens (primary N) is 1. The van der Waals surface area contributed by atoms with E-state index in [0.29, 0.717) is 6.04 Å². The smallest absolute Gasteiger partial charge is 0.163 e. The third-order valence-corrected chi connectivity index (χ3v) is 4.42. The molecular weight excluding hydrogens is 256 g/mol. The molecule has 2 aliphatic rings. The summed E-state index contributed by atoms with van der Waals surface area (Å²) in [5, 5.41) is 2.39. The Morgan fingerprint density at radius 3 is 2.55 bits per heavy atom.